The lowest BCUT2D eigenvalue weighted by atomic mass is 9.98. The van der Waals surface area contributed by atoms with Crippen molar-refractivity contribution >= 4 is 12.1 Å². The third-order valence-corrected chi connectivity index (χ3v) is 5.53. The van der Waals surface area contributed by atoms with E-state index in [0.717, 1.165) is 27.8 Å². The van der Waals surface area contributed by atoms with Gasteiger partial charge >= 0.3 is 12.1 Å². The lowest BCUT2D eigenvalue weighted by Gasteiger charge is -2.15. The number of nitrogens with one attached hydrogen (secondary N) is 1. The molecule has 3 aromatic rings. The molecule has 1 aliphatic rings. The Bertz CT molecular complexity index is 1040. The molecular formula is C26H25NO5. The number of alkyl carbamates (subject to hydrolysis) is 1. The molecule has 6 nitrogen and oxygen atoms in total. The first kappa shape index (κ1) is 21.6. The Kier molecular flexibility index (Phi) is 6.82. The van der Waals surface area contributed by atoms with Gasteiger partial charge in [-0.1, -0.05) is 78.9 Å². The van der Waals surface area contributed by atoms with E-state index in [1.807, 2.05) is 54.6 Å². The molecule has 4 rings (SSSR count). The third kappa shape index (κ3) is 4.98. The second-order valence-corrected chi connectivity index (χ2v) is 7.65. The standard InChI is InChI=1S/C26H25NO5/c28-24(25(29)31-16-18-8-2-1-3-9-18)14-15-27-26(30)32-17-23-21-12-6-4-10-19(21)20-11-5-7-13-22(20)23/h1-13,23-24,28H,14-17H2,(H,27,30)/t24-/m0/s1. The number of amides is 1. The molecule has 0 saturated heterocycles. The normalized spacial score (nSPS) is 13.0. The van der Waals surface area contributed by atoms with Crippen LogP contribution in [-0.4, -0.2) is 36.4 Å². The first-order valence-corrected chi connectivity index (χ1v) is 10.6. The molecule has 0 radical (unpaired) electrons. The monoisotopic (exact) mass is 431 g/mol. The fraction of sp³-hybridized carbons (Fsp3) is 0.231. The van der Waals surface area contributed by atoms with Crippen molar-refractivity contribution < 1.29 is 24.2 Å². The largest absolute Gasteiger partial charge is 0.459 e. The van der Waals surface area contributed by atoms with Crippen LogP contribution >= 0.6 is 0 Å². The molecule has 0 bridgehead atoms. The number of carbonyl (C=O) groups excluding carboxylic acids is 2. The predicted octanol–water partition coefficient (Wildman–Crippen LogP) is 4.02. The summed E-state index contributed by atoms with van der Waals surface area (Å²) in [6.07, 6.45) is -1.86. The smallest absolute Gasteiger partial charge is 0.407 e. The number of aliphatic hydroxyl groups excluding tert-OH is 1. The van der Waals surface area contributed by atoms with Crippen molar-refractivity contribution in [1.82, 2.24) is 5.32 Å². The number of aliphatic hydroxyl groups is 1. The summed E-state index contributed by atoms with van der Waals surface area (Å²) in [5.74, 6) is -0.741. The van der Waals surface area contributed by atoms with Crippen LogP contribution in [0.15, 0.2) is 78.9 Å². The summed E-state index contributed by atoms with van der Waals surface area (Å²) in [6, 6.07) is 25.5. The minimum absolute atomic E-state index is 0.0216. The zero-order valence-corrected chi connectivity index (χ0v) is 17.6. The Balaban J connectivity index is 1.22. The topological polar surface area (TPSA) is 84.9 Å². The molecule has 0 aromatic heterocycles. The van der Waals surface area contributed by atoms with Crippen LogP contribution in [0, 0.1) is 0 Å². The van der Waals surface area contributed by atoms with Crippen LogP contribution in [0.4, 0.5) is 4.79 Å². The highest BCUT2D eigenvalue weighted by Gasteiger charge is 2.29. The molecule has 1 amide bonds. The van der Waals surface area contributed by atoms with Gasteiger partial charge in [0.2, 0.25) is 0 Å². The molecule has 1 aliphatic carbocycles. The summed E-state index contributed by atoms with van der Waals surface area (Å²) in [6.45, 7) is 0.399. The number of rotatable bonds is 8. The van der Waals surface area contributed by atoms with E-state index in [0.29, 0.717) is 0 Å². The summed E-state index contributed by atoms with van der Waals surface area (Å²) in [4.78, 5) is 24.1. The maximum atomic E-state index is 12.2. The van der Waals surface area contributed by atoms with Crippen LogP contribution in [0.2, 0.25) is 0 Å². The highest BCUT2D eigenvalue weighted by Crippen LogP contribution is 2.44. The van der Waals surface area contributed by atoms with E-state index in [1.165, 1.54) is 0 Å². The number of esters is 1. The Hall–Kier alpha value is -3.64. The minimum Gasteiger partial charge on any atom is -0.459 e. The molecule has 1 atom stereocenters. The molecule has 0 fully saturated rings. The maximum Gasteiger partial charge on any atom is 0.407 e. The van der Waals surface area contributed by atoms with Gasteiger partial charge in [-0.15, -0.1) is 0 Å². The van der Waals surface area contributed by atoms with Crippen molar-refractivity contribution in [1.29, 1.82) is 0 Å². The maximum absolute atomic E-state index is 12.2. The number of fused-ring (bicyclic) bond motifs is 3. The molecule has 0 aliphatic heterocycles. The second-order valence-electron chi connectivity index (χ2n) is 7.65. The summed E-state index contributed by atoms with van der Waals surface area (Å²) in [5, 5.41) is 12.5. The first-order chi connectivity index (χ1) is 15.6. The molecule has 2 N–H and O–H groups in total. The van der Waals surface area contributed by atoms with Crippen LogP contribution < -0.4 is 5.32 Å². The zero-order chi connectivity index (χ0) is 22.3. The van der Waals surface area contributed by atoms with E-state index in [4.69, 9.17) is 9.47 Å². The van der Waals surface area contributed by atoms with Crippen LogP contribution in [0.25, 0.3) is 11.1 Å². The lowest BCUT2D eigenvalue weighted by Crippen LogP contribution is -2.32. The fourth-order valence-electron chi connectivity index (χ4n) is 3.90. The molecule has 0 unspecified atom stereocenters. The Morgan fingerprint density at radius 1 is 0.844 bits per heavy atom. The van der Waals surface area contributed by atoms with Crippen molar-refractivity contribution in [3.05, 3.63) is 95.6 Å². The fourth-order valence-corrected chi connectivity index (χ4v) is 3.90. The van der Waals surface area contributed by atoms with Gasteiger partial charge in [-0.05, 0) is 27.8 Å². The molecule has 3 aromatic carbocycles. The van der Waals surface area contributed by atoms with Gasteiger partial charge in [0.05, 0.1) is 0 Å². The summed E-state index contributed by atoms with van der Waals surface area (Å²) >= 11 is 0. The van der Waals surface area contributed by atoms with Gasteiger partial charge in [-0.2, -0.15) is 0 Å². The molecular weight excluding hydrogens is 406 g/mol. The van der Waals surface area contributed by atoms with E-state index >= 15 is 0 Å². The SMILES string of the molecule is O=C(NCC[C@H](O)C(=O)OCc1ccccc1)OCC1c2ccccc2-c2ccccc21. The van der Waals surface area contributed by atoms with Gasteiger partial charge in [0.25, 0.3) is 0 Å². The van der Waals surface area contributed by atoms with Crippen molar-refractivity contribution in [3.63, 3.8) is 0 Å². The third-order valence-electron chi connectivity index (χ3n) is 5.53. The van der Waals surface area contributed by atoms with E-state index in [9.17, 15) is 14.7 Å². The van der Waals surface area contributed by atoms with Crippen molar-refractivity contribution in [2.45, 2.75) is 25.0 Å². The highest BCUT2D eigenvalue weighted by atomic mass is 16.6. The van der Waals surface area contributed by atoms with Gasteiger partial charge in [0, 0.05) is 18.9 Å². The van der Waals surface area contributed by atoms with Gasteiger partial charge in [-0.3, -0.25) is 0 Å². The number of ether oxygens (including phenoxy) is 2. The van der Waals surface area contributed by atoms with Crippen LogP contribution in [0.1, 0.15) is 29.0 Å². The van der Waals surface area contributed by atoms with Crippen LogP contribution in [0.5, 0.6) is 0 Å². The zero-order valence-electron chi connectivity index (χ0n) is 17.6. The summed E-state index contributed by atoms with van der Waals surface area (Å²) < 4.78 is 10.5. The predicted molar refractivity (Wildman–Crippen MR) is 120 cm³/mol. The minimum atomic E-state index is -1.31. The molecule has 0 heterocycles. The lowest BCUT2D eigenvalue weighted by molar-refractivity contribution is -0.155. The van der Waals surface area contributed by atoms with E-state index in [1.54, 1.807) is 0 Å². The molecule has 6 heteroatoms. The number of hydrogen-bond acceptors (Lipinski definition) is 5. The Morgan fingerprint density at radius 2 is 1.44 bits per heavy atom. The number of benzene rings is 3. The summed E-state index contributed by atoms with van der Waals surface area (Å²) in [7, 11) is 0. The molecule has 0 saturated carbocycles. The average molecular weight is 431 g/mol. The van der Waals surface area contributed by atoms with Gasteiger partial charge < -0.3 is 19.9 Å². The quantitative estimate of drug-likeness (QED) is 0.526. The summed E-state index contributed by atoms with van der Waals surface area (Å²) in [5.41, 5.74) is 5.43. The van der Waals surface area contributed by atoms with Crippen LogP contribution in [0.3, 0.4) is 0 Å². The van der Waals surface area contributed by atoms with Crippen molar-refractivity contribution in [3.8, 4) is 11.1 Å². The highest BCUT2D eigenvalue weighted by molar-refractivity contribution is 5.79. The first-order valence-electron chi connectivity index (χ1n) is 10.6. The molecule has 164 valence electrons. The second kappa shape index (κ2) is 10.1. The van der Waals surface area contributed by atoms with Gasteiger partial charge in [0.1, 0.15) is 13.2 Å². The number of hydrogen-bond donors (Lipinski definition) is 2. The van der Waals surface area contributed by atoms with Crippen molar-refractivity contribution in [2.24, 2.45) is 0 Å². The van der Waals surface area contributed by atoms with E-state index in [-0.39, 0.29) is 32.1 Å². The van der Waals surface area contributed by atoms with Gasteiger partial charge in [0.15, 0.2) is 6.10 Å². The van der Waals surface area contributed by atoms with Crippen molar-refractivity contribution in [2.75, 3.05) is 13.2 Å². The van der Waals surface area contributed by atoms with Gasteiger partial charge in [-0.25, -0.2) is 9.59 Å². The Labute approximate surface area is 186 Å². The Morgan fingerprint density at radius 3 is 2.09 bits per heavy atom. The van der Waals surface area contributed by atoms with E-state index in [2.05, 4.69) is 29.6 Å². The average Bonchev–Trinajstić information content (AvgIpc) is 3.15. The van der Waals surface area contributed by atoms with Crippen LogP contribution in [-0.2, 0) is 20.9 Å². The number of carbonyl (C=O) groups is 2. The molecule has 0 spiro atoms. The molecule has 32 heavy (non-hydrogen) atoms. The van der Waals surface area contributed by atoms with E-state index < -0.39 is 18.2 Å².